The Morgan fingerprint density at radius 1 is 0.647 bits per heavy atom. The highest BCUT2D eigenvalue weighted by molar-refractivity contribution is 4.99. The van der Waals surface area contributed by atoms with E-state index in [4.69, 9.17) is 0 Å². The topological polar surface area (TPSA) is 58.9 Å². The van der Waals surface area contributed by atoms with Gasteiger partial charge in [-0.05, 0) is 36.0 Å². The SMILES string of the molecule is O=NC(N=O)(C1CCCCC1)C1CCCCC1. The van der Waals surface area contributed by atoms with Gasteiger partial charge in [-0.2, -0.15) is 0 Å². The van der Waals surface area contributed by atoms with Gasteiger partial charge in [-0.1, -0.05) is 38.5 Å². The van der Waals surface area contributed by atoms with E-state index in [2.05, 4.69) is 10.4 Å². The molecule has 2 aliphatic rings. The standard InChI is InChI=1S/C13H22N2O2/c16-14-13(15-17,11-7-3-1-4-8-11)12-9-5-2-6-10-12/h11-12H,1-10H2. The van der Waals surface area contributed by atoms with Gasteiger partial charge in [0, 0.05) is 11.8 Å². The molecule has 0 aromatic heterocycles. The molecule has 0 radical (unpaired) electrons. The second kappa shape index (κ2) is 5.69. The molecule has 0 aromatic rings. The Labute approximate surface area is 102 Å². The van der Waals surface area contributed by atoms with Crippen LogP contribution in [0, 0.1) is 21.6 Å². The molecule has 2 rings (SSSR count). The summed E-state index contributed by atoms with van der Waals surface area (Å²) in [6.45, 7) is 0. The third-order valence-electron chi connectivity index (χ3n) is 4.70. The molecule has 0 bridgehead atoms. The molecule has 0 saturated heterocycles. The zero-order chi connectivity index (χ0) is 12.1. The van der Waals surface area contributed by atoms with Gasteiger partial charge in [0.15, 0.2) is 0 Å². The van der Waals surface area contributed by atoms with Crippen LogP contribution in [0.1, 0.15) is 64.2 Å². The molecule has 96 valence electrons. The van der Waals surface area contributed by atoms with Gasteiger partial charge < -0.3 is 0 Å². The molecule has 2 aliphatic carbocycles. The third-order valence-corrected chi connectivity index (χ3v) is 4.70. The lowest BCUT2D eigenvalue weighted by molar-refractivity contribution is 0.112. The molecule has 2 fully saturated rings. The summed E-state index contributed by atoms with van der Waals surface area (Å²) >= 11 is 0. The Morgan fingerprint density at radius 3 is 1.29 bits per heavy atom. The highest BCUT2D eigenvalue weighted by Crippen LogP contribution is 2.45. The van der Waals surface area contributed by atoms with Gasteiger partial charge in [0.1, 0.15) is 0 Å². The molecule has 4 nitrogen and oxygen atoms in total. The maximum absolute atomic E-state index is 11.3. The second-order valence-corrected chi connectivity index (χ2v) is 5.64. The van der Waals surface area contributed by atoms with Crippen LogP contribution in [-0.2, 0) is 0 Å². The molecule has 2 saturated carbocycles. The van der Waals surface area contributed by atoms with Gasteiger partial charge in [-0.15, -0.1) is 9.81 Å². The predicted octanol–water partition coefficient (Wildman–Crippen LogP) is 4.38. The number of hydrogen-bond acceptors (Lipinski definition) is 4. The van der Waals surface area contributed by atoms with E-state index in [0.717, 1.165) is 51.4 Å². The van der Waals surface area contributed by atoms with Crippen LogP contribution in [0.15, 0.2) is 10.4 Å². The van der Waals surface area contributed by atoms with Crippen molar-refractivity contribution in [1.82, 2.24) is 0 Å². The van der Waals surface area contributed by atoms with E-state index in [9.17, 15) is 9.81 Å². The Hall–Kier alpha value is -0.800. The van der Waals surface area contributed by atoms with Gasteiger partial charge in [0.25, 0.3) is 0 Å². The molecule has 0 aromatic carbocycles. The number of rotatable bonds is 4. The van der Waals surface area contributed by atoms with E-state index in [0.29, 0.717) is 0 Å². The monoisotopic (exact) mass is 238 g/mol. The van der Waals surface area contributed by atoms with E-state index < -0.39 is 5.66 Å². The Bertz CT molecular complexity index is 241. The fraction of sp³-hybridized carbons (Fsp3) is 1.00. The summed E-state index contributed by atoms with van der Waals surface area (Å²) in [4.78, 5) is 22.6. The van der Waals surface area contributed by atoms with E-state index in [1.807, 2.05) is 0 Å². The molecule has 4 heteroatoms. The van der Waals surface area contributed by atoms with Crippen molar-refractivity contribution in [1.29, 1.82) is 0 Å². The maximum Gasteiger partial charge on any atom is 0.237 e. The van der Waals surface area contributed by atoms with Crippen LogP contribution in [0.2, 0.25) is 0 Å². The smallest absolute Gasteiger partial charge is 0.148 e. The first-order valence-corrected chi connectivity index (χ1v) is 7.02. The lowest BCUT2D eigenvalue weighted by Crippen LogP contribution is -2.43. The Morgan fingerprint density at radius 2 is 1.00 bits per heavy atom. The van der Waals surface area contributed by atoms with Crippen LogP contribution in [0.4, 0.5) is 0 Å². The first-order valence-electron chi connectivity index (χ1n) is 7.02. The molecule has 0 N–H and O–H groups in total. The summed E-state index contributed by atoms with van der Waals surface area (Å²) in [5.41, 5.74) is -1.14. The van der Waals surface area contributed by atoms with Gasteiger partial charge in [-0.25, -0.2) is 0 Å². The van der Waals surface area contributed by atoms with Crippen molar-refractivity contribution in [3.05, 3.63) is 9.81 Å². The van der Waals surface area contributed by atoms with E-state index >= 15 is 0 Å². The van der Waals surface area contributed by atoms with E-state index in [-0.39, 0.29) is 11.8 Å². The summed E-state index contributed by atoms with van der Waals surface area (Å²) < 4.78 is 0. The fourth-order valence-corrected chi connectivity index (χ4v) is 3.70. The van der Waals surface area contributed by atoms with Crippen molar-refractivity contribution < 1.29 is 0 Å². The number of nitroso groups, excluding NO2 is 2. The van der Waals surface area contributed by atoms with Crippen LogP contribution in [-0.4, -0.2) is 5.66 Å². The Balaban J connectivity index is 2.16. The average Bonchev–Trinajstić information content (AvgIpc) is 2.43. The first kappa shape index (κ1) is 12.7. The highest BCUT2D eigenvalue weighted by atomic mass is 16.3. The van der Waals surface area contributed by atoms with Crippen molar-refractivity contribution >= 4 is 0 Å². The quantitative estimate of drug-likeness (QED) is 0.682. The van der Waals surface area contributed by atoms with Crippen molar-refractivity contribution in [2.75, 3.05) is 0 Å². The summed E-state index contributed by atoms with van der Waals surface area (Å²) in [7, 11) is 0. The van der Waals surface area contributed by atoms with Crippen LogP contribution in [0.25, 0.3) is 0 Å². The lowest BCUT2D eigenvalue weighted by atomic mass is 9.70. The summed E-state index contributed by atoms with van der Waals surface area (Å²) in [5, 5.41) is 6.51. The Kier molecular flexibility index (Phi) is 4.24. The van der Waals surface area contributed by atoms with Crippen LogP contribution < -0.4 is 0 Å². The third kappa shape index (κ3) is 2.40. The normalized spacial score (nSPS) is 24.5. The summed E-state index contributed by atoms with van der Waals surface area (Å²) in [6, 6.07) is 0. The van der Waals surface area contributed by atoms with Crippen LogP contribution in [0.5, 0.6) is 0 Å². The summed E-state index contributed by atoms with van der Waals surface area (Å²) in [5.74, 6) is 0.212. The van der Waals surface area contributed by atoms with Crippen molar-refractivity contribution in [3.63, 3.8) is 0 Å². The van der Waals surface area contributed by atoms with E-state index in [1.54, 1.807) is 0 Å². The zero-order valence-corrected chi connectivity index (χ0v) is 10.4. The largest absolute Gasteiger partial charge is 0.237 e. The summed E-state index contributed by atoms with van der Waals surface area (Å²) in [6.07, 6.45) is 10.7. The lowest BCUT2D eigenvalue weighted by Gasteiger charge is -2.38. The average molecular weight is 238 g/mol. The van der Waals surface area contributed by atoms with Gasteiger partial charge in [0.05, 0.1) is 0 Å². The predicted molar refractivity (Wildman–Crippen MR) is 67.5 cm³/mol. The number of nitrogens with zero attached hydrogens (tertiary/aromatic N) is 2. The fourth-order valence-electron chi connectivity index (χ4n) is 3.70. The molecular weight excluding hydrogens is 216 g/mol. The number of hydrogen-bond donors (Lipinski definition) is 0. The van der Waals surface area contributed by atoms with Crippen LogP contribution in [0.3, 0.4) is 0 Å². The molecule has 17 heavy (non-hydrogen) atoms. The van der Waals surface area contributed by atoms with Crippen molar-refractivity contribution in [2.24, 2.45) is 22.2 Å². The molecule has 0 atom stereocenters. The second-order valence-electron chi connectivity index (χ2n) is 5.64. The van der Waals surface area contributed by atoms with Gasteiger partial charge in [-0.3, -0.25) is 0 Å². The maximum atomic E-state index is 11.3. The molecular formula is C13H22N2O2. The minimum absolute atomic E-state index is 0.106. The molecule has 0 spiro atoms. The van der Waals surface area contributed by atoms with Crippen molar-refractivity contribution in [3.8, 4) is 0 Å². The molecule has 0 amide bonds. The highest BCUT2D eigenvalue weighted by Gasteiger charge is 2.49. The minimum Gasteiger partial charge on any atom is -0.148 e. The minimum atomic E-state index is -1.14. The molecule has 0 unspecified atom stereocenters. The molecule has 0 aliphatic heterocycles. The van der Waals surface area contributed by atoms with Gasteiger partial charge in [0.2, 0.25) is 5.66 Å². The van der Waals surface area contributed by atoms with E-state index in [1.165, 1.54) is 12.8 Å². The zero-order valence-electron chi connectivity index (χ0n) is 10.4. The van der Waals surface area contributed by atoms with Crippen molar-refractivity contribution in [2.45, 2.75) is 69.9 Å². The molecule has 0 heterocycles. The van der Waals surface area contributed by atoms with Gasteiger partial charge >= 0.3 is 0 Å². The first-order chi connectivity index (χ1) is 8.33. The van der Waals surface area contributed by atoms with Crippen LogP contribution >= 0.6 is 0 Å².